The van der Waals surface area contributed by atoms with Crippen molar-refractivity contribution in [1.29, 1.82) is 0 Å². The predicted octanol–water partition coefficient (Wildman–Crippen LogP) is 3.17. The van der Waals surface area contributed by atoms with Crippen molar-refractivity contribution < 1.29 is 14.1 Å². The number of nitro benzene ring substituents is 1. The Labute approximate surface area is 154 Å². The normalized spacial score (nSPS) is 14.3. The molecule has 0 atom stereocenters. The molecule has 0 unspecified atom stereocenters. The maximum absolute atomic E-state index is 13.6. The van der Waals surface area contributed by atoms with E-state index in [1.807, 2.05) is 4.90 Å². The molecule has 1 heterocycles. The van der Waals surface area contributed by atoms with Gasteiger partial charge in [-0.25, -0.2) is 4.39 Å². The van der Waals surface area contributed by atoms with Crippen molar-refractivity contribution >= 4 is 29.0 Å². The summed E-state index contributed by atoms with van der Waals surface area (Å²) in [7, 11) is 0. The molecule has 3 rings (SSSR count). The lowest BCUT2D eigenvalue weighted by Gasteiger charge is -2.35. The van der Waals surface area contributed by atoms with E-state index < -0.39 is 4.92 Å². The van der Waals surface area contributed by atoms with Gasteiger partial charge >= 0.3 is 0 Å². The quantitative estimate of drug-likeness (QED) is 0.456. The second-order valence-corrected chi connectivity index (χ2v) is 6.85. The molecule has 0 aliphatic carbocycles. The van der Waals surface area contributed by atoms with Gasteiger partial charge in [-0.2, -0.15) is 0 Å². The van der Waals surface area contributed by atoms with Crippen molar-refractivity contribution in [2.45, 2.75) is 4.90 Å². The largest absolute Gasteiger partial charge is 0.362 e. The first-order chi connectivity index (χ1) is 12.6. The highest BCUT2D eigenvalue weighted by Gasteiger charge is 2.25. The molecule has 1 aliphatic rings. The highest BCUT2D eigenvalue weighted by molar-refractivity contribution is 8.00. The van der Waals surface area contributed by atoms with E-state index in [1.165, 1.54) is 23.9 Å². The Kier molecular flexibility index (Phi) is 5.72. The van der Waals surface area contributed by atoms with Crippen LogP contribution in [0.3, 0.4) is 0 Å². The average Bonchev–Trinajstić information content (AvgIpc) is 2.67. The molecule has 8 heteroatoms. The summed E-state index contributed by atoms with van der Waals surface area (Å²) in [5, 5.41) is 11.2. The van der Waals surface area contributed by atoms with Gasteiger partial charge in [0.15, 0.2) is 0 Å². The molecular formula is C18H18FN3O3S. The van der Waals surface area contributed by atoms with E-state index in [9.17, 15) is 19.3 Å². The number of thioether (sulfide) groups is 1. The van der Waals surface area contributed by atoms with E-state index in [0.717, 1.165) is 0 Å². The van der Waals surface area contributed by atoms with Crippen molar-refractivity contribution in [3.05, 3.63) is 64.5 Å². The minimum atomic E-state index is -0.391. The van der Waals surface area contributed by atoms with Gasteiger partial charge in [0.1, 0.15) is 11.5 Å². The number of amides is 1. The summed E-state index contributed by atoms with van der Waals surface area (Å²) < 4.78 is 13.6. The number of halogens is 1. The highest BCUT2D eigenvalue weighted by atomic mass is 32.2. The molecule has 136 valence electrons. The lowest BCUT2D eigenvalue weighted by Crippen LogP contribution is -2.49. The molecule has 2 aromatic rings. The molecule has 1 aliphatic heterocycles. The van der Waals surface area contributed by atoms with Crippen LogP contribution in [0.1, 0.15) is 0 Å². The SMILES string of the molecule is O=C(CSc1ccccc1F)N1CCN(c2ccccc2[N+](=O)[O-])CC1. The first kappa shape index (κ1) is 18.2. The Morgan fingerprint density at radius 3 is 2.42 bits per heavy atom. The molecular weight excluding hydrogens is 357 g/mol. The van der Waals surface area contributed by atoms with E-state index >= 15 is 0 Å². The van der Waals surface area contributed by atoms with Crippen molar-refractivity contribution in [2.24, 2.45) is 0 Å². The zero-order valence-corrected chi connectivity index (χ0v) is 14.8. The summed E-state index contributed by atoms with van der Waals surface area (Å²) in [6.45, 7) is 2.04. The van der Waals surface area contributed by atoms with Crippen LogP contribution in [0.4, 0.5) is 15.8 Å². The number of hydrogen-bond donors (Lipinski definition) is 0. The fourth-order valence-electron chi connectivity index (χ4n) is 2.88. The van der Waals surface area contributed by atoms with Crippen molar-refractivity contribution in [3.63, 3.8) is 0 Å². The smallest absolute Gasteiger partial charge is 0.292 e. The number of carbonyl (C=O) groups excluding carboxylic acids is 1. The van der Waals surface area contributed by atoms with Crippen LogP contribution in [-0.2, 0) is 4.79 Å². The standard InChI is InChI=1S/C18H18FN3O3S/c19-14-5-1-4-8-17(14)26-13-18(23)21-11-9-20(10-12-21)15-6-2-3-7-16(15)22(24)25/h1-8H,9-13H2. The van der Waals surface area contributed by atoms with Crippen molar-refractivity contribution in [2.75, 3.05) is 36.8 Å². The van der Waals surface area contributed by atoms with Gasteiger partial charge in [0.05, 0.1) is 10.7 Å². The number of para-hydroxylation sites is 2. The molecule has 6 nitrogen and oxygen atoms in total. The molecule has 0 aromatic heterocycles. The number of benzene rings is 2. The molecule has 1 fully saturated rings. The summed E-state index contributed by atoms with van der Waals surface area (Å²) in [5.41, 5.74) is 0.646. The number of hydrogen-bond acceptors (Lipinski definition) is 5. The van der Waals surface area contributed by atoms with Gasteiger partial charge in [-0.15, -0.1) is 11.8 Å². The van der Waals surface area contributed by atoms with E-state index in [1.54, 1.807) is 41.3 Å². The average molecular weight is 375 g/mol. The van der Waals surface area contributed by atoms with Crippen molar-refractivity contribution in [3.8, 4) is 0 Å². The summed E-state index contributed by atoms with van der Waals surface area (Å²) >= 11 is 1.18. The molecule has 26 heavy (non-hydrogen) atoms. The van der Waals surface area contributed by atoms with Crippen LogP contribution in [0.25, 0.3) is 0 Å². The third-order valence-electron chi connectivity index (χ3n) is 4.24. The second kappa shape index (κ2) is 8.18. The number of nitro groups is 1. The van der Waals surface area contributed by atoms with Crippen LogP contribution in [0.2, 0.25) is 0 Å². The van der Waals surface area contributed by atoms with Gasteiger partial charge in [-0.1, -0.05) is 24.3 Å². The first-order valence-corrected chi connectivity index (χ1v) is 9.18. The third kappa shape index (κ3) is 4.13. The first-order valence-electron chi connectivity index (χ1n) is 8.20. The van der Waals surface area contributed by atoms with Crippen molar-refractivity contribution in [1.82, 2.24) is 4.90 Å². The fourth-order valence-corrected chi connectivity index (χ4v) is 3.72. The Hall–Kier alpha value is -2.61. The Morgan fingerprint density at radius 1 is 1.08 bits per heavy atom. The molecule has 1 amide bonds. The lowest BCUT2D eigenvalue weighted by atomic mass is 10.2. The summed E-state index contributed by atoms with van der Waals surface area (Å²) in [6, 6.07) is 13.0. The fraction of sp³-hybridized carbons (Fsp3) is 0.278. The number of nitrogens with zero attached hydrogens (tertiary/aromatic N) is 3. The Bertz CT molecular complexity index is 810. The number of anilines is 1. The highest BCUT2D eigenvalue weighted by Crippen LogP contribution is 2.28. The van der Waals surface area contributed by atoms with Gasteiger partial charge in [-0.3, -0.25) is 14.9 Å². The van der Waals surface area contributed by atoms with Crippen LogP contribution in [0.15, 0.2) is 53.4 Å². The summed E-state index contributed by atoms with van der Waals surface area (Å²) in [6.07, 6.45) is 0. The van der Waals surface area contributed by atoms with Crippen LogP contribution < -0.4 is 4.90 Å². The number of rotatable bonds is 5. The summed E-state index contributed by atoms with van der Waals surface area (Å²) in [5.74, 6) is -0.209. The maximum Gasteiger partial charge on any atom is 0.292 e. The molecule has 2 aromatic carbocycles. The molecule has 0 saturated carbocycles. The van der Waals surface area contributed by atoms with Gasteiger partial charge in [-0.05, 0) is 18.2 Å². The summed E-state index contributed by atoms with van der Waals surface area (Å²) in [4.78, 5) is 27.2. The van der Waals surface area contributed by atoms with E-state index in [4.69, 9.17) is 0 Å². The molecule has 1 saturated heterocycles. The second-order valence-electron chi connectivity index (χ2n) is 5.83. The third-order valence-corrected chi connectivity index (χ3v) is 5.27. The molecule has 0 spiro atoms. The van der Waals surface area contributed by atoms with Gasteiger partial charge in [0, 0.05) is 37.1 Å². The van der Waals surface area contributed by atoms with Crippen LogP contribution in [0, 0.1) is 15.9 Å². The zero-order valence-electron chi connectivity index (χ0n) is 14.0. The van der Waals surface area contributed by atoms with Gasteiger partial charge in [0.25, 0.3) is 5.69 Å². The molecule has 0 bridgehead atoms. The van der Waals surface area contributed by atoms with E-state index in [-0.39, 0.29) is 23.2 Å². The molecule has 0 N–H and O–H groups in total. The predicted molar refractivity (Wildman–Crippen MR) is 99.0 cm³/mol. The van der Waals surface area contributed by atoms with Crippen LogP contribution in [0.5, 0.6) is 0 Å². The number of carbonyl (C=O) groups is 1. The number of piperazine rings is 1. The van der Waals surface area contributed by atoms with E-state index in [2.05, 4.69) is 0 Å². The Balaban J connectivity index is 1.56. The zero-order chi connectivity index (χ0) is 18.5. The Morgan fingerprint density at radius 2 is 1.73 bits per heavy atom. The minimum absolute atomic E-state index is 0.0551. The maximum atomic E-state index is 13.6. The molecule has 0 radical (unpaired) electrons. The van der Waals surface area contributed by atoms with Crippen LogP contribution in [-0.4, -0.2) is 47.7 Å². The topological polar surface area (TPSA) is 66.7 Å². The van der Waals surface area contributed by atoms with Gasteiger partial charge in [0.2, 0.25) is 5.91 Å². The minimum Gasteiger partial charge on any atom is -0.362 e. The monoisotopic (exact) mass is 375 g/mol. The van der Waals surface area contributed by atoms with E-state index in [0.29, 0.717) is 36.8 Å². The van der Waals surface area contributed by atoms with Gasteiger partial charge < -0.3 is 9.80 Å². The lowest BCUT2D eigenvalue weighted by molar-refractivity contribution is -0.384. The van der Waals surface area contributed by atoms with Crippen LogP contribution >= 0.6 is 11.8 Å².